The first-order valence-electron chi connectivity index (χ1n) is 10.7. The Morgan fingerprint density at radius 3 is 2.70 bits per heavy atom. The minimum absolute atomic E-state index is 0.164. The molecule has 4 amide bonds. The second kappa shape index (κ2) is 8.77. The first kappa shape index (κ1) is 23.2. The molecule has 1 aromatic carbocycles. The molecule has 1 spiro atoms. The van der Waals surface area contributed by atoms with Crippen LogP contribution in [0.4, 0.5) is 23.1 Å². The van der Waals surface area contributed by atoms with E-state index in [1.54, 1.807) is 0 Å². The highest BCUT2D eigenvalue weighted by Gasteiger charge is 2.52. The summed E-state index contributed by atoms with van der Waals surface area (Å²) in [6.45, 7) is 1.65. The summed E-state index contributed by atoms with van der Waals surface area (Å²) in [6.07, 6.45) is -0.637. The van der Waals surface area contributed by atoms with Crippen LogP contribution in [0.2, 0.25) is 0 Å². The molecule has 1 aliphatic heterocycles. The van der Waals surface area contributed by atoms with Gasteiger partial charge in [0.25, 0.3) is 5.91 Å². The lowest BCUT2D eigenvalue weighted by atomic mass is 9.75. The van der Waals surface area contributed by atoms with Crippen molar-refractivity contribution >= 4 is 34.3 Å². The van der Waals surface area contributed by atoms with E-state index in [9.17, 15) is 27.6 Å². The maximum Gasteiger partial charge on any atom is 0.416 e. The fourth-order valence-electron chi connectivity index (χ4n) is 4.36. The van der Waals surface area contributed by atoms with Crippen LogP contribution in [0.25, 0.3) is 11.3 Å². The monoisotopic (exact) mass is 480 g/mol. The van der Waals surface area contributed by atoms with E-state index in [0.29, 0.717) is 18.8 Å². The fourth-order valence-corrected chi connectivity index (χ4v) is 5.09. The predicted molar refractivity (Wildman–Crippen MR) is 116 cm³/mol. The molecule has 33 heavy (non-hydrogen) atoms. The van der Waals surface area contributed by atoms with Gasteiger partial charge < -0.3 is 10.6 Å². The van der Waals surface area contributed by atoms with Crippen LogP contribution in [0, 0.1) is 5.92 Å². The smallest absolute Gasteiger partial charge is 0.323 e. The van der Waals surface area contributed by atoms with E-state index in [4.69, 9.17) is 0 Å². The molecule has 11 heteroatoms. The number of aromatic nitrogens is 1. The highest BCUT2D eigenvalue weighted by Crippen LogP contribution is 2.38. The Bertz CT molecular complexity index is 1080. The number of benzene rings is 1. The number of hydrogen-bond donors (Lipinski definition) is 2. The van der Waals surface area contributed by atoms with Crippen molar-refractivity contribution < 1.29 is 27.6 Å². The number of alkyl halides is 3. The highest BCUT2D eigenvalue weighted by molar-refractivity contribution is 7.14. The molecule has 2 fully saturated rings. The van der Waals surface area contributed by atoms with Crippen LogP contribution in [0.5, 0.6) is 0 Å². The largest absolute Gasteiger partial charge is 0.416 e. The number of nitrogens with zero attached hydrogens (tertiary/aromatic N) is 2. The average Bonchev–Trinajstić information content (AvgIpc) is 3.33. The number of thiazole rings is 1. The van der Waals surface area contributed by atoms with Gasteiger partial charge in [-0.3, -0.25) is 14.5 Å². The number of anilines is 1. The molecule has 7 nitrogen and oxygen atoms in total. The molecular formula is C22H23F3N4O3S. The third-order valence-electron chi connectivity index (χ3n) is 6.32. The Balaban J connectivity index is 1.40. The predicted octanol–water partition coefficient (Wildman–Crippen LogP) is 4.66. The van der Waals surface area contributed by atoms with E-state index in [0.717, 1.165) is 47.6 Å². The van der Waals surface area contributed by atoms with Crippen molar-refractivity contribution in [3.63, 3.8) is 0 Å². The molecule has 4 rings (SSSR count). The summed E-state index contributed by atoms with van der Waals surface area (Å²) < 4.78 is 38.8. The van der Waals surface area contributed by atoms with Gasteiger partial charge in [-0.1, -0.05) is 25.5 Å². The lowest BCUT2D eigenvalue weighted by Crippen LogP contribution is -2.49. The van der Waals surface area contributed by atoms with Gasteiger partial charge in [-0.15, -0.1) is 11.3 Å². The van der Waals surface area contributed by atoms with Crippen molar-refractivity contribution in [3.8, 4) is 11.3 Å². The molecule has 1 saturated carbocycles. The number of carbonyl (C=O) groups is 3. The summed E-state index contributed by atoms with van der Waals surface area (Å²) in [6, 6.07) is 4.15. The highest BCUT2D eigenvalue weighted by atomic mass is 32.1. The molecule has 176 valence electrons. The Kier molecular flexibility index (Phi) is 6.17. The summed E-state index contributed by atoms with van der Waals surface area (Å²) in [7, 11) is 0. The summed E-state index contributed by atoms with van der Waals surface area (Å²) in [5.41, 5.74) is -1.18. The number of hydrogen-bond acceptors (Lipinski definition) is 5. The Labute approximate surface area is 192 Å². The van der Waals surface area contributed by atoms with Gasteiger partial charge in [0.1, 0.15) is 12.1 Å². The third-order valence-corrected chi connectivity index (χ3v) is 7.08. The zero-order chi connectivity index (χ0) is 23.8. The number of urea groups is 1. The fraction of sp³-hybridized carbons (Fsp3) is 0.455. The van der Waals surface area contributed by atoms with Crippen molar-refractivity contribution in [2.45, 2.75) is 50.7 Å². The van der Waals surface area contributed by atoms with E-state index < -0.39 is 35.8 Å². The van der Waals surface area contributed by atoms with Gasteiger partial charge >= 0.3 is 12.2 Å². The summed E-state index contributed by atoms with van der Waals surface area (Å²) in [5.74, 6) is -0.461. The molecule has 2 aromatic rings. The molecule has 0 bridgehead atoms. The molecule has 0 radical (unpaired) electrons. The zero-order valence-corrected chi connectivity index (χ0v) is 18.7. The van der Waals surface area contributed by atoms with E-state index in [1.165, 1.54) is 17.5 Å². The molecule has 0 unspecified atom stereocenters. The second-order valence-corrected chi connectivity index (χ2v) is 9.28. The number of halogens is 3. The van der Waals surface area contributed by atoms with E-state index in [2.05, 4.69) is 22.5 Å². The number of rotatable bonds is 5. The molecule has 1 aromatic heterocycles. The van der Waals surface area contributed by atoms with Gasteiger partial charge in [0, 0.05) is 10.9 Å². The molecule has 2 N–H and O–H groups in total. The molecule has 1 saturated heterocycles. The summed E-state index contributed by atoms with van der Waals surface area (Å²) in [4.78, 5) is 42.9. The quantitative estimate of drug-likeness (QED) is 0.609. The van der Waals surface area contributed by atoms with Gasteiger partial charge in [-0.2, -0.15) is 13.2 Å². The average molecular weight is 481 g/mol. The minimum Gasteiger partial charge on any atom is -0.323 e. The van der Waals surface area contributed by atoms with E-state index in [1.807, 2.05) is 0 Å². The molecule has 2 heterocycles. The molecular weight excluding hydrogens is 457 g/mol. The van der Waals surface area contributed by atoms with Crippen LogP contribution < -0.4 is 10.6 Å². The van der Waals surface area contributed by atoms with Gasteiger partial charge in [0.15, 0.2) is 5.13 Å². The first-order valence-corrected chi connectivity index (χ1v) is 11.6. The maximum atomic E-state index is 12.9. The lowest BCUT2D eigenvalue weighted by Gasteiger charge is -2.34. The van der Waals surface area contributed by atoms with Crippen molar-refractivity contribution in [2.24, 2.45) is 5.92 Å². The number of amides is 4. The Morgan fingerprint density at radius 2 is 2.03 bits per heavy atom. The summed E-state index contributed by atoms with van der Waals surface area (Å²) >= 11 is 1.04. The van der Waals surface area contributed by atoms with Gasteiger partial charge in [-0.05, 0) is 43.7 Å². The summed E-state index contributed by atoms with van der Waals surface area (Å²) in [5, 5.41) is 7.00. The van der Waals surface area contributed by atoms with Crippen LogP contribution >= 0.6 is 11.3 Å². The molecule has 1 aliphatic carbocycles. The van der Waals surface area contributed by atoms with Crippen molar-refractivity contribution in [1.29, 1.82) is 0 Å². The number of imide groups is 1. The van der Waals surface area contributed by atoms with Gasteiger partial charge in [0.05, 0.1) is 11.3 Å². The van der Waals surface area contributed by atoms with Crippen molar-refractivity contribution in [3.05, 3.63) is 35.2 Å². The standard InChI is InChI=1S/C22H23F3N4O3S/c1-2-13-6-8-21(9-7-13)18(31)29(20(32)28-21)11-17(30)27-19-26-16(12-33-19)14-4-3-5-15(10-14)22(23,24)25/h3-5,10,12-13H,2,6-9,11H2,1H3,(H,28,32)(H,26,27,30). The molecule has 0 atom stereocenters. The topological polar surface area (TPSA) is 91.4 Å². The van der Waals surface area contributed by atoms with Crippen LogP contribution in [0.1, 0.15) is 44.6 Å². The second-order valence-electron chi connectivity index (χ2n) is 8.42. The Morgan fingerprint density at radius 1 is 1.30 bits per heavy atom. The van der Waals surface area contributed by atoms with Gasteiger partial charge in [-0.25, -0.2) is 9.78 Å². The van der Waals surface area contributed by atoms with Crippen molar-refractivity contribution in [2.75, 3.05) is 11.9 Å². The van der Waals surface area contributed by atoms with Crippen LogP contribution in [-0.2, 0) is 15.8 Å². The maximum absolute atomic E-state index is 12.9. The van der Waals surface area contributed by atoms with Crippen molar-refractivity contribution in [1.82, 2.24) is 15.2 Å². The number of nitrogens with one attached hydrogen (secondary N) is 2. The minimum atomic E-state index is -4.47. The zero-order valence-electron chi connectivity index (χ0n) is 17.9. The third kappa shape index (κ3) is 4.73. The SMILES string of the molecule is CCC1CCC2(CC1)NC(=O)N(CC(=O)Nc1nc(-c3cccc(C(F)(F)F)c3)cs1)C2=O. The lowest BCUT2D eigenvalue weighted by molar-refractivity contribution is -0.137. The Hall–Kier alpha value is -2.95. The number of carbonyl (C=O) groups excluding carboxylic acids is 3. The van der Waals surface area contributed by atoms with Crippen LogP contribution in [0.3, 0.4) is 0 Å². The van der Waals surface area contributed by atoms with E-state index in [-0.39, 0.29) is 22.3 Å². The van der Waals surface area contributed by atoms with Crippen LogP contribution in [0.15, 0.2) is 29.6 Å². The first-order chi connectivity index (χ1) is 15.6. The van der Waals surface area contributed by atoms with Gasteiger partial charge in [0.2, 0.25) is 5.91 Å². The van der Waals surface area contributed by atoms with E-state index >= 15 is 0 Å². The molecule has 2 aliphatic rings. The normalized spacial score (nSPS) is 23.2. The van der Waals surface area contributed by atoms with Crippen LogP contribution in [-0.4, -0.2) is 39.8 Å².